The van der Waals surface area contributed by atoms with E-state index in [0.29, 0.717) is 11.4 Å². The van der Waals surface area contributed by atoms with Gasteiger partial charge in [-0.15, -0.1) is 10.2 Å². The lowest BCUT2D eigenvalue weighted by Crippen LogP contribution is -2.23. The number of thioether (sulfide) groups is 1. The number of hydrogen-bond acceptors (Lipinski definition) is 5. The van der Waals surface area contributed by atoms with Gasteiger partial charge in [-0.05, 0) is 31.2 Å². The van der Waals surface area contributed by atoms with Crippen molar-refractivity contribution in [3.8, 4) is 0 Å². The summed E-state index contributed by atoms with van der Waals surface area (Å²) in [6, 6.07) is 6.44. The summed E-state index contributed by atoms with van der Waals surface area (Å²) in [5, 5.41) is 11.1. The molecule has 0 aliphatic heterocycles. The van der Waals surface area contributed by atoms with Gasteiger partial charge in [0.05, 0.1) is 5.25 Å². The zero-order valence-corrected chi connectivity index (χ0v) is 14.9. The lowest BCUT2D eigenvalue weighted by atomic mass is 10.2. The number of nitrogens with zero attached hydrogens (tertiary/aromatic N) is 3. The zero-order valence-electron chi connectivity index (χ0n) is 14.1. The van der Waals surface area contributed by atoms with Gasteiger partial charge in [-0.1, -0.05) is 11.8 Å². The second kappa shape index (κ2) is 7.77. The van der Waals surface area contributed by atoms with Gasteiger partial charge in [-0.2, -0.15) is 13.2 Å². The Bertz CT molecular complexity index is 805. The number of halogens is 3. The van der Waals surface area contributed by atoms with Crippen LogP contribution in [0.4, 0.5) is 24.5 Å². The molecule has 0 saturated heterocycles. The molecule has 2 N–H and O–H groups in total. The summed E-state index contributed by atoms with van der Waals surface area (Å²) in [6.07, 6.45) is -4.61. The van der Waals surface area contributed by atoms with Crippen LogP contribution < -0.4 is 10.6 Å². The van der Waals surface area contributed by atoms with Crippen molar-refractivity contribution in [2.45, 2.75) is 30.4 Å². The van der Waals surface area contributed by atoms with Crippen molar-refractivity contribution in [3.63, 3.8) is 0 Å². The third kappa shape index (κ3) is 4.97. The molecule has 0 unspecified atom stereocenters. The third-order valence-corrected chi connectivity index (χ3v) is 4.35. The Morgan fingerprint density at radius 2 is 1.65 bits per heavy atom. The Labute approximate surface area is 151 Å². The molecule has 1 aromatic carbocycles. The largest absolute Gasteiger partial charge is 0.451 e. The minimum atomic E-state index is -4.61. The van der Waals surface area contributed by atoms with Gasteiger partial charge in [0.15, 0.2) is 5.16 Å². The summed E-state index contributed by atoms with van der Waals surface area (Å²) in [6.45, 7) is 2.93. The molecule has 0 fully saturated rings. The van der Waals surface area contributed by atoms with E-state index in [1.807, 2.05) is 0 Å². The molecular weight excluding hydrogens is 371 g/mol. The third-order valence-electron chi connectivity index (χ3n) is 3.21. The van der Waals surface area contributed by atoms with Crippen molar-refractivity contribution in [1.29, 1.82) is 0 Å². The highest BCUT2D eigenvalue weighted by Crippen LogP contribution is 2.31. The van der Waals surface area contributed by atoms with Gasteiger partial charge >= 0.3 is 6.18 Å². The highest BCUT2D eigenvalue weighted by atomic mass is 32.2. The summed E-state index contributed by atoms with van der Waals surface area (Å²) >= 11 is 0.866. The first kappa shape index (κ1) is 19.8. The fourth-order valence-corrected chi connectivity index (χ4v) is 2.77. The standard InChI is InChI=1S/C15H16F3N5O2S/c1-8(26-14-22-21-13(23(14)3)15(16,17)18)12(25)20-11-6-4-10(5-7-11)19-9(2)24/h4-8H,1-3H3,(H,19,24)(H,20,25)/t8-/m1/s1. The summed E-state index contributed by atoms with van der Waals surface area (Å²) in [7, 11) is 1.19. The van der Waals surface area contributed by atoms with Crippen LogP contribution in [-0.2, 0) is 22.8 Å². The lowest BCUT2D eigenvalue weighted by Gasteiger charge is -2.12. The molecule has 7 nitrogen and oxygen atoms in total. The summed E-state index contributed by atoms with van der Waals surface area (Å²) in [5.74, 6) is -1.74. The van der Waals surface area contributed by atoms with Gasteiger partial charge in [-0.25, -0.2) is 0 Å². The van der Waals surface area contributed by atoms with Gasteiger partial charge < -0.3 is 15.2 Å². The maximum absolute atomic E-state index is 12.7. The lowest BCUT2D eigenvalue weighted by molar-refractivity contribution is -0.147. The second-order valence-corrected chi connectivity index (χ2v) is 6.68. The number of alkyl halides is 3. The Kier molecular flexibility index (Phi) is 5.90. The average Bonchev–Trinajstić information content (AvgIpc) is 2.89. The summed E-state index contributed by atoms with van der Waals surface area (Å²) in [4.78, 5) is 23.2. The highest BCUT2D eigenvalue weighted by Gasteiger charge is 2.37. The SMILES string of the molecule is CC(=O)Nc1ccc(NC(=O)[C@@H](C)Sc2nnc(C(F)(F)F)n2C)cc1. The molecule has 26 heavy (non-hydrogen) atoms. The molecule has 0 radical (unpaired) electrons. The number of anilines is 2. The van der Waals surface area contributed by atoms with Crippen molar-refractivity contribution in [2.75, 3.05) is 10.6 Å². The van der Waals surface area contributed by atoms with Gasteiger partial charge in [0.2, 0.25) is 17.6 Å². The molecule has 2 amide bonds. The number of nitrogens with one attached hydrogen (secondary N) is 2. The number of hydrogen-bond donors (Lipinski definition) is 2. The predicted octanol–water partition coefficient (Wildman–Crippen LogP) is 2.91. The van der Waals surface area contributed by atoms with E-state index in [0.717, 1.165) is 16.3 Å². The number of benzene rings is 1. The van der Waals surface area contributed by atoms with E-state index in [2.05, 4.69) is 20.8 Å². The molecule has 2 rings (SSSR count). The quantitative estimate of drug-likeness (QED) is 0.770. The molecule has 140 valence electrons. The van der Waals surface area contributed by atoms with Gasteiger partial charge in [0.25, 0.3) is 0 Å². The summed E-state index contributed by atoms with van der Waals surface area (Å²) in [5.41, 5.74) is 1.07. The normalized spacial score (nSPS) is 12.5. The molecule has 0 aliphatic carbocycles. The highest BCUT2D eigenvalue weighted by molar-refractivity contribution is 8.00. The predicted molar refractivity (Wildman–Crippen MR) is 90.7 cm³/mol. The number of carbonyl (C=O) groups is 2. The van der Waals surface area contributed by atoms with E-state index >= 15 is 0 Å². The summed E-state index contributed by atoms with van der Waals surface area (Å²) < 4.78 is 39.0. The zero-order chi connectivity index (χ0) is 19.5. The van der Waals surface area contributed by atoms with Crippen LogP contribution in [0.15, 0.2) is 29.4 Å². The van der Waals surface area contributed by atoms with Crippen molar-refractivity contribution in [2.24, 2.45) is 7.05 Å². The van der Waals surface area contributed by atoms with E-state index in [-0.39, 0.29) is 11.1 Å². The fourth-order valence-electron chi connectivity index (χ4n) is 1.96. The van der Waals surface area contributed by atoms with Crippen LogP contribution >= 0.6 is 11.8 Å². The smallest absolute Gasteiger partial charge is 0.326 e. The monoisotopic (exact) mass is 387 g/mol. The van der Waals surface area contributed by atoms with Crippen molar-refractivity contribution in [1.82, 2.24) is 14.8 Å². The molecule has 1 aromatic heterocycles. The first-order valence-corrected chi connectivity index (χ1v) is 8.27. The first-order valence-electron chi connectivity index (χ1n) is 7.39. The Morgan fingerprint density at radius 1 is 1.12 bits per heavy atom. The number of carbonyl (C=O) groups excluding carboxylic acids is 2. The molecule has 0 bridgehead atoms. The molecule has 2 aromatic rings. The van der Waals surface area contributed by atoms with Gasteiger partial charge in [0.1, 0.15) is 0 Å². The van der Waals surface area contributed by atoms with Crippen molar-refractivity contribution < 1.29 is 22.8 Å². The van der Waals surface area contributed by atoms with Gasteiger partial charge in [-0.3, -0.25) is 9.59 Å². The molecule has 0 aliphatic rings. The molecule has 11 heteroatoms. The van der Waals surface area contributed by atoms with Crippen molar-refractivity contribution >= 4 is 35.0 Å². The maximum atomic E-state index is 12.7. The average molecular weight is 387 g/mol. The van der Waals surface area contributed by atoms with Crippen LogP contribution in [0, 0.1) is 0 Å². The maximum Gasteiger partial charge on any atom is 0.451 e. The van der Waals surface area contributed by atoms with E-state index in [1.165, 1.54) is 14.0 Å². The topological polar surface area (TPSA) is 88.9 Å². The van der Waals surface area contributed by atoms with Gasteiger partial charge in [0, 0.05) is 25.3 Å². The first-order chi connectivity index (χ1) is 12.1. The second-order valence-electron chi connectivity index (χ2n) is 5.37. The Hall–Kier alpha value is -2.56. The van der Waals surface area contributed by atoms with Crippen molar-refractivity contribution in [3.05, 3.63) is 30.1 Å². The number of rotatable bonds is 5. The van der Waals surface area contributed by atoms with Crippen LogP contribution in [0.2, 0.25) is 0 Å². The van der Waals surface area contributed by atoms with E-state index in [4.69, 9.17) is 0 Å². The van der Waals surface area contributed by atoms with Crippen LogP contribution in [0.25, 0.3) is 0 Å². The minimum Gasteiger partial charge on any atom is -0.326 e. The van der Waals surface area contributed by atoms with E-state index in [9.17, 15) is 22.8 Å². The molecular formula is C15H16F3N5O2S. The minimum absolute atomic E-state index is 0.0130. The molecule has 0 spiro atoms. The number of aromatic nitrogens is 3. The van der Waals surface area contributed by atoms with E-state index < -0.39 is 23.2 Å². The Morgan fingerprint density at radius 3 is 2.12 bits per heavy atom. The van der Waals surface area contributed by atoms with E-state index in [1.54, 1.807) is 31.2 Å². The number of amides is 2. The van der Waals surface area contributed by atoms with Crippen LogP contribution in [0.1, 0.15) is 19.7 Å². The Balaban J connectivity index is 2.00. The molecule has 1 heterocycles. The van der Waals surface area contributed by atoms with Crippen LogP contribution in [0.5, 0.6) is 0 Å². The van der Waals surface area contributed by atoms with Crippen LogP contribution in [0.3, 0.4) is 0 Å². The molecule has 0 saturated carbocycles. The fraction of sp³-hybridized carbons (Fsp3) is 0.333. The molecule has 1 atom stereocenters. The van der Waals surface area contributed by atoms with Crippen LogP contribution in [-0.4, -0.2) is 31.8 Å².